The summed E-state index contributed by atoms with van der Waals surface area (Å²) in [4.78, 5) is 4.50. The van der Waals surface area contributed by atoms with Gasteiger partial charge in [-0.2, -0.15) is 0 Å². The third-order valence-corrected chi connectivity index (χ3v) is 3.34. The maximum absolute atomic E-state index is 6.14. The molecular weight excluding hydrogens is 272 g/mol. The van der Waals surface area contributed by atoms with Gasteiger partial charge in [0.2, 0.25) is 5.88 Å². The molecule has 0 saturated carbocycles. The van der Waals surface area contributed by atoms with Crippen molar-refractivity contribution >= 4 is 11.6 Å². The average molecular weight is 291 g/mol. The SMILES string of the molecule is CCNCc1c(C)cc(C)nc1Oc1ccccc1Cl. The maximum atomic E-state index is 6.14. The smallest absolute Gasteiger partial charge is 0.224 e. The van der Waals surface area contributed by atoms with E-state index >= 15 is 0 Å². The first kappa shape index (κ1) is 14.8. The van der Waals surface area contributed by atoms with Gasteiger partial charge in [-0.05, 0) is 44.2 Å². The molecule has 20 heavy (non-hydrogen) atoms. The molecule has 2 aromatic rings. The molecule has 2 rings (SSSR count). The van der Waals surface area contributed by atoms with Gasteiger partial charge in [-0.3, -0.25) is 0 Å². The Hall–Kier alpha value is -1.58. The van der Waals surface area contributed by atoms with Crippen LogP contribution < -0.4 is 10.1 Å². The minimum absolute atomic E-state index is 0.586. The third kappa shape index (κ3) is 3.50. The highest BCUT2D eigenvalue weighted by molar-refractivity contribution is 6.32. The zero-order valence-electron chi connectivity index (χ0n) is 12.0. The van der Waals surface area contributed by atoms with Crippen LogP contribution in [0.2, 0.25) is 5.02 Å². The van der Waals surface area contributed by atoms with Gasteiger partial charge >= 0.3 is 0 Å². The normalized spacial score (nSPS) is 10.6. The highest BCUT2D eigenvalue weighted by Gasteiger charge is 2.12. The largest absolute Gasteiger partial charge is 0.437 e. The highest BCUT2D eigenvalue weighted by atomic mass is 35.5. The van der Waals surface area contributed by atoms with Crippen LogP contribution in [-0.4, -0.2) is 11.5 Å². The minimum atomic E-state index is 0.586. The molecule has 4 heteroatoms. The van der Waals surface area contributed by atoms with Gasteiger partial charge in [0.05, 0.1) is 5.02 Å². The fourth-order valence-corrected chi connectivity index (χ4v) is 2.18. The fraction of sp³-hybridized carbons (Fsp3) is 0.312. The standard InChI is InChI=1S/C16H19ClN2O/c1-4-18-10-13-11(2)9-12(3)19-16(13)20-15-8-6-5-7-14(15)17/h5-9,18H,4,10H2,1-3H3. The van der Waals surface area contributed by atoms with Gasteiger partial charge in [0.1, 0.15) is 5.75 Å². The number of pyridine rings is 1. The number of hydrogen-bond acceptors (Lipinski definition) is 3. The van der Waals surface area contributed by atoms with Crippen molar-refractivity contribution in [1.82, 2.24) is 10.3 Å². The lowest BCUT2D eigenvalue weighted by Gasteiger charge is -2.14. The van der Waals surface area contributed by atoms with E-state index in [2.05, 4.69) is 30.2 Å². The topological polar surface area (TPSA) is 34.2 Å². The number of halogens is 1. The van der Waals surface area contributed by atoms with Crippen LogP contribution in [0.3, 0.4) is 0 Å². The number of rotatable bonds is 5. The van der Waals surface area contributed by atoms with Crippen LogP contribution in [0.1, 0.15) is 23.7 Å². The van der Waals surface area contributed by atoms with E-state index < -0.39 is 0 Å². The van der Waals surface area contributed by atoms with Crippen LogP contribution in [0.4, 0.5) is 0 Å². The lowest BCUT2D eigenvalue weighted by atomic mass is 10.1. The molecule has 0 aliphatic carbocycles. The predicted octanol–water partition coefficient (Wildman–Crippen LogP) is 4.25. The summed E-state index contributed by atoms with van der Waals surface area (Å²) in [5.41, 5.74) is 3.17. The van der Waals surface area contributed by atoms with Gasteiger partial charge in [0, 0.05) is 17.8 Å². The summed E-state index contributed by atoms with van der Waals surface area (Å²) in [6.07, 6.45) is 0. The zero-order valence-corrected chi connectivity index (χ0v) is 12.8. The summed E-state index contributed by atoms with van der Waals surface area (Å²) >= 11 is 6.14. The molecule has 1 aromatic heterocycles. The molecule has 0 fully saturated rings. The summed E-state index contributed by atoms with van der Waals surface area (Å²) in [5.74, 6) is 1.25. The Labute approximate surface area is 124 Å². The van der Waals surface area contributed by atoms with E-state index in [1.807, 2.05) is 31.2 Å². The van der Waals surface area contributed by atoms with Crippen molar-refractivity contribution in [2.75, 3.05) is 6.54 Å². The van der Waals surface area contributed by atoms with Crippen molar-refractivity contribution in [3.63, 3.8) is 0 Å². The molecule has 0 amide bonds. The summed E-state index contributed by atoms with van der Waals surface area (Å²) in [6, 6.07) is 9.49. The Bertz CT molecular complexity index is 599. The number of benzene rings is 1. The molecule has 0 radical (unpaired) electrons. The number of ether oxygens (including phenoxy) is 1. The Morgan fingerprint density at radius 1 is 1.25 bits per heavy atom. The molecule has 3 nitrogen and oxygen atoms in total. The van der Waals surface area contributed by atoms with Gasteiger partial charge < -0.3 is 10.1 Å². The lowest BCUT2D eigenvalue weighted by Crippen LogP contribution is -2.14. The lowest BCUT2D eigenvalue weighted by molar-refractivity contribution is 0.451. The Morgan fingerprint density at radius 3 is 2.70 bits per heavy atom. The second-order valence-corrected chi connectivity index (χ2v) is 5.08. The van der Waals surface area contributed by atoms with Crippen molar-refractivity contribution in [3.05, 3.63) is 52.2 Å². The molecule has 1 N–H and O–H groups in total. The fourth-order valence-electron chi connectivity index (χ4n) is 2.01. The van der Waals surface area contributed by atoms with Crippen molar-refractivity contribution < 1.29 is 4.74 Å². The van der Waals surface area contributed by atoms with E-state index in [1.54, 1.807) is 0 Å². The van der Waals surface area contributed by atoms with Gasteiger partial charge in [-0.25, -0.2) is 4.98 Å². The number of aryl methyl sites for hydroxylation is 2. The second-order valence-electron chi connectivity index (χ2n) is 4.68. The quantitative estimate of drug-likeness (QED) is 0.894. The van der Waals surface area contributed by atoms with E-state index in [1.165, 1.54) is 5.56 Å². The summed E-state index contributed by atoms with van der Waals surface area (Å²) < 4.78 is 5.92. The van der Waals surface area contributed by atoms with Gasteiger partial charge in [-0.15, -0.1) is 0 Å². The van der Waals surface area contributed by atoms with Crippen LogP contribution >= 0.6 is 11.6 Å². The molecule has 0 unspecified atom stereocenters. The molecule has 0 aliphatic rings. The zero-order chi connectivity index (χ0) is 14.5. The number of para-hydroxylation sites is 1. The monoisotopic (exact) mass is 290 g/mol. The summed E-state index contributed by atoms with van der Waals surface area (Å²) in [5, 5.41) is 3.90. The van der Waals surface area contributed by atoms with Gasteiger partial charge in [0.25, 0.3) is 0 Å². The van der Waals surface area contributed by atoms with Crippen LogP contribution in [0.25, 0.3) is 0 Å². The predicted molar refractivity (Wildman–Crippen MR) is 82.6 cm³/mol. The number of nitrogens with one attached hydrogen (secondary N) is 1. The van der Waals surface area contributed by atoms with E-state index in [9.17, 15) is 0 Å². The van der Waals surface area contributed by atoms with E-state index in [4.69, 9.17) is 16.3 Å². The van der Waals surface area contributed by atoms with Crippen LogP contribution in [0.15, 0.2) is 30.3 Å². The number of hydrogen-bond donors (Lipinski definition) is 1. The summed E-state index contributed by atoms with van der Waals surface area (Å²) in [6.45, 7) is 7.74. The van der Waals surface area contributed by atoms with Gasteiger partial charge in [0.15, 0.2) is 0 Å². The summed E-state index contributed by atoms with van der Waals surface area (Å²) in [7, 11) is 0. The maximum Gasteiger partial charge on any atom is 0.224 e. The second kappa shape index (κ2) is 6.73. The molecule has 1 aromatic carbocycles. The van der Waals surface area contributed by atoms with E-state index in [-0.39, 0.29) is 0 Å². The first-order chi connectivity index (χ1) is 9.61. The minimum Gasteiger partial charge on any atom is -0.437 e. The molecule has 1 heterocycles. The van der Waals surface area contributed by atoms with Crippen molar-refractivity contribution in [2.45, 2.75) is 27.3 Å². The molecule has 0 atom stereocenters. The molecule has 0 saturated heterocycles. The Balaban J connectivity index is 2.37. The van der Waals surface area contributed by atoms with E-state index in [0.29, 0.717) is 16.7 Å². The van der Waals surface area contributed by atoms with Gasteiger partial charge in [-0.1, -0.05) is 30.7 Å². The molecule has 0 aliphatic heterocycles. The third-order valence-electron chi connectivity index (χ3n) is 3.03. The van der Waals surface area contributed by atoms with Crippen molar-refractivity contribution in [3.8, 4) is 11.6 Å². The molecule has 0 bridgehead atoms. The average Bonchev–Trinajstić information content (AvgIpc) is 2.40. The van der Waals surface area contributed by atoms with Crippen molar-refractivity contribution in [1.29, 1.82) is 0 Å². The first-order valence-corrected chi connectivity index (χ1v) is 7.09. The molecule has 0 spiro atoms. The van der Waals surface area contributed by atoms with Crippen LogP contribution in [0, 0.1) is 13.8 Å². The molecule has 106 valence electrons. The van der Waals surface area contributed by atoms with Crippen molar-refractivity contribution in [2.24, 2.45) is 0 Å². The highest BCUT2D eigenvalue weighted by Crippen LogP contribution is 2.31. The first-order valence-electron chi connectivity index (χ1n) is 6.72. The van der Waals surface area contributed by atoms with Crippen LogP contribution in [-0.2, 0) is 6.54 Å². The Morgan fingerprint density at radius 2 is 2.00 bits per heavy atom. The molecular formula is C16H19ClN2O. The van der Waals surface area contributed by atoms with Crippen LogP contribution in [0.5, 0.6) is 11.6 Å². The number of nitrogens with zero attached hydrogens (tertiary/aromatic N) is 1. The van der Waals surface area contributed by atoms with E-state index in [0.717, 1.165) is 24.3 Å². The Kier molecular flexibility index (Phi) is 4.99. The number of aromatic nitrogens is 1.